The second-order valence-corrected chi connectivity index (χ2v) is 2.42. The maximum absolute atomic E-state index is 8.28. The summed E-state index contributed by atoms with van der Waals surface area (Å²) in [7, 11) is 0. The van der Waals surface area contributed by atoms with E-state index in [-0.39, 0.29) is 8.98 Å². The zero-order chi connectivity index (χ0) is 7.15. The van der Waals surface area contributed by atoms with Gasteiger partial charge in [0.2, 0.25) is 0 Å². The number of rotatable bonds is 0. The summed E-state index contributed by atoms with van der Waals surface area (Å²) < 4.78 is 8.08. The molecule has 0 aromatic carbocycles. The predicted molar refractivity (Wildman–Crippen MR) is 38.3 cm³/mol. The van der Waals surface area contributed by atoms with Gasteiger partial charge in [0.15, 0.2) is 0 Å². The fraction of sp³-hybridized carbons (Fsp3) is 0. The van der Waals surface area contributed by atoms with Crippen LogP contribution in [0.1, 0.15) is 0 Å². The molecule has 0 aromatic heterocycles. The molecular formula is C2HAlCl4O. The van der Waals surface area contributed by atoms with Gasteiger partial charge in [-0.25, -0.2) is 0 Å². The fourth-order valence-electron chi connectivity index (χ4n) is 0. The first kappa shape index (κ1) is 12.0. The standard InChI is InChI=1S/C2Cl4.Al.O.H/c3-1(4)2(5)6;;;. The third-order valence-electron chi connectivity index (χ3n) is 0.143. The van der Waals surface area contributed by atoms with E-state index in [4.69, 9.17) is 50.2 Å². The minimum absolute atomic E-state index is 0.0988. The van der Waals surface area contributed by atoms with Gasteiger partial charge in [0, 0.05) is 0 Å². The third kappa shape index (κ3) is 10.3. The number of hydrogen-bond donors (Lipinski definition) is 0. The van der Waals surface area contributed by atoms with E-state index >= 15 is 0 Å². The van der Waals surface area contributed by atoms with E-state index in [1.54, 1.807) is 0 Å². The van der Waals surface area contributed by atoms with E-state index in [2.05, 4.69) is 0 Å². The maximum atomic E-state index is 8.28. The van der Waals surface area contributed by atoms with E-state index in [1.807, 2.05) is 0 Å². The SMILES string of the molecule is ClC(Cl)=C(Cl)Cl.[O]=[AlH]. The van der Waals surface area contributed by atoms with Crippen molar-refractivity contribution in [3.05, 3.63) is 8.98 Å². The zero-order valence-corrected chi connectivity index (χ0v) is 8.07. The fourth-order valence-corrected chi connectivity index (χ4v) is 0. The quantitative estimate of drug-likeness (QED) is 0.560. The third-order valence-corrected chi connectivity index (χ3v) is 1.29. The van der Waals surface area contributed by atoms with Gasteiger partial charge in [-0.1, -0.05) is 46.4 Å². The molecule has 0 heterocycles. The van der Waals surface area contributed by atoms with Crippen LogP contribution in [-0.2, 0) is 3.80 Å². The van der Waals surface area contributed by atoms with Gasteiger partial charge in [-0.05, 0) is 0 Å². The van der Waals surface area contributed by atoms with E-state index in [1.165, 1.54) is 0 Å². The molecule has 0 N–H and O–H groups in total. The average molecular weight is 210 g/mol. The molecule has 0 aliphatic rings. The van der Waals surface area contributed by atoms with Gasteiger partial charge in [0.1, 0.15) is 8.98 Å². The Hall–Kier alpha value is 1.23. The van der Waals surface area contributed by atoms with Crippen molar-refractivity contribution < 1.29 is 3.80 Å². The summed E-state index contributed by atoms with van der Waals surface area (Å²) in [6, 6.07) is 0. The van der Waals surface area contributed by atoms with Crippen molar-refractivity contribution in [1.29, 1.82) is 0 Å². The van der Waals surface area contributed by atoms with Crippen LogP contribution in [0.25, 0.3) is 0 Å². The Balaban J connectivity index is 0. The van der Waals surface area contributed by atoms with Crippen LogP contribution < -0.4 is 0 Å². The van der Waals surface area contributed by atoms with E-state index in [9.17, 15) is 0 Å². The van der Waals surface area contributed by atoms with Gasteiger partial charge in [0.05, 0.1) is 0 Å². The zero-order valence-electron chi connectivity index (χ0n) is 3.63. The van der Waals surface area contributed by atoms with Crippen LogP contribution in [0.2, 0.25) is 0 Å². The van der Waals surface area contributed by atoms with Crippen molar-refractivity contribution in [2.75, 3.05) is 0 Å². The van der Waals surface area contributed by atoms with E-state index in [0.717, 1.165) is 0 Å². The summed E-state index contributed by atoms with van der Waals surface area (Å²) in [6.45, 7) is 0. The molecule has 0 atom stereocenters. The second-order valence-electron chi connectivity index (χ2n) is 0.521. The molecule has 46 valence electrons. The Bertz CT molecular complexity index is 74.0. The minimum atomic E-state index is -0.0988. The van der Waals surface area contributed by atoms with Crippen LogP contribution in [0.4, 0.5) is 0 Å². The van der Waals surface area contributed by atoms with Crippen LogP contribution in [0.15, 0.2) is 8.98 Å². The van der Waals surface area contributed by atoms with Gasteiger partial charge in [-0.3, -0.25) is 0 Å². The number of halogens is 4. The average Bonchev–Trinajstić information content (AvgIpc) is 1.72. The van der Waals surface area contributed by atoms with Gasteiger partial charge in [-0.2, -0.15) is 0 Å². The molecule has 8 heavy (non-hydrogen) atoms. The summed E-state index contributed by atoms with van der Waals surface area (Å²) in [6.07, 6.45) is 0. The molecule has 1 nitrogen and oxygen atoms in total. The van der Waals surface area contributed by atoms with E-state index < -0.39 is 0 Å². The summed E-state index contributed by atoms with van der Waals surface area (Å²) in [5.74, 6) is 0. The molecule has 0 fully saturated rings. The van der Waals surface area contributed by atoms with Gasteiger partial charge in [0.25, 0.3) is 0 Å². The van der Waals surface area contributed by atoms with Crippen molar-refractivity contribution >= 4 is 62.6 Å². The van der Waals surface area contributed by atoms with E-state index in [0.29, 0.717) is 16.2 Å². The van der Waals surface area contributed by atoms with Crippen molar-refractivity contribution in [2.24, 2.45) is 0 Å². The first-order valence-electron chi connectivity index (χ1n) is 1.29. The Labute approximate surface area is 75.2 Å². The molecule has 0 amide bonds. The van der Waals surface area contributed by atoms with Gasteiger partial charge < -0.3 is 0 Å². The van der Waals surface area contributed by atoms with Crippen molar-refractivity contribution in [3.63, 3.8) is 0 Å². The van der Waals surface area contributed by atoms with Crippen LogP contribution in [0.5, 0.6) is 0 Å². The molecule has 0 radical (unpaired) electrons. The molecule has 0 bridgehead atoms. The first-order chi connectivity index (χ1) is 3.64. The van der Waals surface area contributed by atoms with Crippen LogP contribution in [-0.4, -0.2) is 16.2 Å². The molecule has 0 unspecified atom stereocenters. The monoisotopic (exact) mass is 208 g/mol. The Morgan fingerprint density at radius 3 is 1.00 bits per heavy atom. The Kier molecular flexibility index (Phi) is 12.3. The van der Waals surface area contributed by atoms with Gasteiger partial charge in [-0.15, -0.1) is 0 Å². The summed E-state index contributed by atoms with van der Waals surface area (Å²) in [5.41, 5.74) is 0. The molecule has 0 saturated carbocycles. The summed E-state index contributed by atoms with van der Waals surface area (Å²) in [4.78, 5) is 0. The molecular weight excluding hydrogens is 209 g/mol. The molecule has 0 saturated heterocycles. The van der Waals surface area contributed by atoms with Crippen LogP contribution >= 0.6 is 46.4 Å². The van der Waals surface area contributed by atoms with Crippen LogP contribution in [0.3, 0.4) is 0 Å². The van der Waals surface area contributed by atoms with Crippen molar-refractivity contribution in [3.8, 4) is 0 Å². The summed E-state index contributed by atoms with van der Waals surface area (Å²) >= 11 is 20.6. The molecule has 0 spiro atoms. The molecule has 6 heteroatoms. The molecule has 0 rings (SSSR count). The Morgan fingerprint density at radius 1 is 0.875 bits per heavy atom. The first-order valence-corrected chi connectivity index (χ1v) is 3.38. The molecule has 0 aliphatic heterocycles. The predicted octanol–water partition coefficient (Wildman–Crippen LogP) is 2.30. The van der Waals surface area contributed by atoms with Crippen molar-refractivity contribution in [2.45, 2.75) is 0 Å². The van der Waals surface area contributed by atoms with Crippen LogP contribution in [0, 0.1) is 0 Å². The molecule has 0 aliphatic carbocycles. The Morgan fingerprint density at radius 2 is 1.00 bits per heavy atom. The second kappa shape index (κ2) is 8.23. The summed E-state index contributed by atoms with van der Waals surface area (Å²) in [5, 5.41) is 0. The number of hydrogen-bond acceptors (Lipinski definition) is 1. The van der Waals surface area contributed by atoms with Crippen molar-refractivity contribution in [1.82, 2.24) is 0 Å². The topological polar surface area (TPSA) is 17.1 Å². The molecule has 0 aromatic rings. The normalized spacial score (nSPS) is 6.38. The van der Waals surface area contributed by atoms with Gasteiger partial charge >= 0.3 is 20.0 Å².